The Morgan fingerprint density at radius 2 is 2.09 bits per heavy atom. The van der Waals surface area contributed by atoms with E-state index < -0.39 is 0 Å². The first-order valence-electron chi connectivity index (χ1n) is 8.08. The third-order valence-electron chi connectivity index (χ3n) is 4.94. The maximum atomic E-state index is 12.0. The lowest BCUT2D eigenvalue weighted by Crippen LogP contribution is -2.40. The summed E-state index contributed by atoms with van der Waals surface area (Å²) in [7, 11) is 1.90. The molecule has 120 valence electrons. The summed E-state index contributed by atoms with van der Waals surface area (Å²) in [6.45, 7) is 9.40. The molecule has 1 amide bonds. The molecule has 2 aliphatic heterocycles. The second kappa shape index (κ2) is 6.01. The summed E-state index contributed by atoms with van der Waals surface area (Å²) in [6, 6.07) is 6.64. The lowest BCUT2D eigenvalue weighted by molar-refractivity contribution is -0.126. The number of rotatable bonds is 2. The Labute approximate surface area is 133 Å². The van der Waals surface area contributed by atoms with E-state index >= 15 is 0 Å². The molecule has 3 rings (SSSR count). The van der Waals surface area contributed by atoms with E-state index in [0.717, 1.165) is 32.8 Å². The monoisotopic (exact) mass is 302 g/mol. The number of ether oxygens (including phenoxy) is 1. The molecule has 2 heterocycles. The SMILES string of the molecule is Cc1ccc(C)c(CN2CCOCC3(CC(=O)N(C)C3)C2)c1. The van der Waals surface area contributed by atoms with Gasteiger partial charge in [-0.2, -0.15) is 0 Å². The number of carbonyl (C=O) groups is 1. The predicted octanol–water partition coefficient (Wildman–Crippen LogP) is 1.98. The quantitative estimate of drug-likeness (QED) is 0.837. The highest BCUT2D eigenvalue weighted by Crippen LogP contribution is 2.34. The zero-order chi connectivity index (χ0) is 15.7. The Morgan fingerprint density at radius 3 is 2.82 bits per heavy atom. The van der Waals surface area contributed by atoms with Crippen LogP contribution in [0.25, 0.3) is 0 Å². The van der Waals surface area contributed by atoms with Gasteiger partial charge in [0, 0.05) is 45.1 Å². The highest BCUT2D eigenvalue weighted by Gasteiger charge is 2.44. The first kappa shape index (κ1) is 15.5. The third kappa shape index (κ3) is 3.18. The molecular weight excluding hydrogens is 276 g/mol. The van der Waals surface area contributed by atoms with Crippen molar-refractivity contribution < 1.29 is 9.53 Å². The summed E-state index contributed by atoms with van der Waals surface area (Å²) < 4.78 is 5.83. The van der Waals surface area contributed by atoms with Gasteiger partial charge in [0.15, 0.2) is 0 Å². The number of aryl methyl sites for hydroxylation is 2. The minimum atomic E-state index is -0.0277. The molecule has 1 aromatic rings. The molecule has 0 saturated carbocycles. The topological polar surface area (TPSA) is 32.8 Å². The molecule has 0 bridgehead atoms. The molecule has 2 aliphatic rings. The number of hydrogen-bond donors (Lipinski definition) is 0. The van der Waals surface area contributed by atoms with E-state index in [-0.39, 0.29) is 11.3 Å². The van der Waals surface area contributed by atoms with Crippen LogP contribution in [0.1, 0.15) is 23.1 Å². The van der Waals surface area contributed by atoms with Crippen molar-refractivity contribution >= 4 is 5.91 Å². The fourth-order valence-corrected chi connectivity index (χ4v) is 3.73. The van der Waals surface area contributed by atoms with Crippen molar-refractivity contribution in [1.82, 2.24) is 9.80 Å². The normalized spacial score (nSPS) is 26.7. The maximum absolute atomic E-state index is 12.0. The zero-order valence-corrected chi connectivity index (χ0v) is 13.9. The standard InChI is InChI=1S/C18H26N2O2/c1-14-4-5-15(2)16(8-14)10-20-6-7-22-13-18(12-20)9-17(21)19(3)11-18/h4-5,8H,6-7,9-13H2,1-3H3. The summed E-state index contributed by atoms with van der Waals surface area (Å²) in [5, 5.41) is 0. The van der Waals surface area contributed by atoms with Crippen LogP contribution in [-0.4, -0.2) is 55.6 Å². The van der Waals surface area contributed by atoms with E-state index in [0.29, 0.717) is 13.0 Å². The van der Waals surface area contributed by atoms with Gasteiger partial charge in [0.2, 0.25) is 5.91 Å². The minimum absolute atomic E-state index is 0.0277. The average molecular weight is 302 g/mol. The maximum Gasteiger partial charge on any atom is 0.223 e. The summed E-state index contributed by atoms with van der Waals surface area (Å²) in [4.78, 5) is 16.3. The van der Waals surface area contributed by atoms with Gasteiger partial charge in [-0.05, 0) is 25.0 Å². The molecule has 2 saturated heterocycles. The lowest BCUT2D eigenvalue weighted by Gasteiger charge is -2.31. The fraction of sp³-hybridized carbons (Fsp3) is 0.611. The molecule has 4 heteroatoms. The van der Waals surface area contributed by atoms with Crippen LogP contribution in [0.4, 0.5) is 0 Å². The van der Waals surface area contributed by atoms with Gasteiger partial charge in [0.1, 0.15) is 0 Å². The van der Waals surface area contributed by atoms with E-state index in [2.05, 4.69) is 36.9 Å². The second-order valence-electron chi connectivity index (χ2n) is 7.12. The fourth-order valence-electron chi connectivity index (χ4n) is 3.73. The summed E-state index contributed by atoms with van der Waals surface area (Å²) in [6.07, 6.45) is 0.618. The van der Waals surface area contributed by atoms with Crippen molar-refractivity contribution in [3.8, 4) is 0 Å². The van der Waals surface area contributed by atoms with Crippen molar-refractivity contribution in [3.63, 3.8) is 0 Å². The second-order valence-corrected chi connectivity index (χ2v) is 7.12. The van der Waals surface area contributed by atoms with E-state index in [9.17, 15) is 4.79 Å². The van der Waals surface area contributed by atoms with Gasteiger partial charge < -0.3 is 9.64 Å². The Morgan fingerprint density at radius 1 is 1.27 bits per heavy atom. The van der Waals surface area contributed by atoms with Crippen LogP contribution >= 0.6 is 0 Å². The van der Waals surface area contributed by atoms with Crippen LogP contribution in [0.15, 0.2) is 18.2 Å². The van der Waals surface area contributed by atoms with E-state index in [1.54, 1.807) is 0 Å². The van der Waals surface area contributed by atoms with Crippen LogP contribution in [0.2, 0.25) is 0 Å². The Kier molecular flexibility index (Phi) is 4.24. The molecule has 1 atom stereocenters. The largest absolute Gasteiger partial charge is 0.379 e. The van der Waals surface area contributed by atoms with Crippen LogP contribution < -0.4 is 0 Å². The summed E-state index contributed by atoms with van der Waals surface area (Å²) in [5.41, 5.74) is 4.00. The molecule has 22 heavy (non-hydrogen) atoms. The van der Waals surface area contributed by atoms with Gasteiger partial charge in [-0.3, -0.25) is 9.69 Å². The van der Waals surface area contributed by atoms with Crippen molar-refractivity contribution in [3.05, 3.63) is 34.9 Å². The Balaban J connectivity index is 1.76. The average Bonchev–Trinajstić information content (AvgIpc) is 2.62. The van der Waals surface area contributed by atoms with Crippen molar-refractivity contribution in [2.75, 3.05) is 39.9 Å². The van der Waals surface area contributed by atoms with Crippen LogP contribution in [0.3, 0.4) is 0 Å². The molecule has 4 nitrogen and oxygen atoms in total. The predicted molar refractivity (Wildman–Crippen MR) is 86.7 cm³/mol. The number of hydrogen-bond acceptors (Lipinski definition) is 3. The van der Waals surface area contributed by atoms with Crippen molar-refractivity contribution in [2.24, 2.45) is 5.41 Å². The van der Waals surface area contributed by atoms with E-state index in [1.807, 2.05) is 11.9 Å². The van der Waals surface area contributed by atoms with E-state index in [1.165, 1.54) is 16.7 Å². The smallest absolute Gasteiger partial charge is 0.223 e. The third-order valence-corrected chi connectivity index (χ3v) is 4.94. The molecular formula is C18H26N2O2. The number of amides is 1. The van der Waals surface area contributed by atoms with Gasteiger partial charge in [-0.15, -0.1) is 0 Å². The molecule has 0 aromatic heterocycles. The minimum Gasteiger partial charge on any atom is -0.379 e. The molecule has 0 radical (unpaired) electrons. The molecule has 0 N–H and O–H groups in total. The van der Waals surface area contributed by atoms with Crippen LogP contribution in [0.5, 0.6) is 0 Å². The summed E-state index contributed by atoms with van der Waals surface area (Å²) >= 11 is 0. The van der Waals surface area contributed by atoms with Gasteiger partial charge in [0.25, 0.3) is 0 Å². The van der Waals surface area contributed by atoms with E-state index in [4.69, 9.17) is 4.74 Å². The van der Waals surface area contributed by atoms with Gasteiger partial charge in [0.05, 0.1) is 13.2 Å². The first-order chi connectivity index (χ1) is 10.5. The number of nitrogens with zero attached hydrogens (tertiary/aromatic N) is 2. The van der Waals surface area contributed by atoms with Gasteiger partial charge in [-0.1, -0.05) is 23.8 Å². The molecule has 0 aliphatic carbocycles. The Bertz CT molecular complexity index is 572. The highest BCUT2D eigenvalue weighted by atomic mass is 16.5. The van der Waals surface area contributed by atoms with Crippen molar-refractivity contribution in [2.45, 2.75) is 26.8 Å². The lowest BCUT2D eigenvalue weighted by atomic mass is 9.87. The molecule has 1 unspecified atom stereocenters. The van der Waals surface area contributed by atoms with Crippen molar-refractivity contribution in [1.29, 1.82) is 0 Å². The van der Waals surface area contributed by atoms with Crippen LogP contribution in [-0.2, 0) is 16.1 Å². The van der Waals surface area contributed by atoms with Crippen LogP contribution in [0, 0.1) is 19.3 Å². The van der Waals surface area contributed by atoms with Gasteiger partial charge >= 0.3 is 0 Å². The molecule has 2 fully saturated rings. The number of benzene rings is 1. The number of carbonyl (C=O) groups excluding carboxylic acids is 1. The Hall–Kier alpha value is -1.39. The highest BCUT2D eigenvalue weighted by molar-refractivity contribution is 5.79. The summed E-state index contributed by atoms with van der Waals surface area (Å²) in [5.74, 6) is 0.247. The molecule has 1 spiro atoms. The van der Waals surface area contributed by atoms with Gasteiger partial charge in [-0.25, -0.2) is 0 Å². The molecule has 1 aromatic carbocycles. The first-order valence-corrected chi connectivity index (χ1v) is 8.08. The number of likely N-dealkylation sites (tertiary alicyclic amines) is 1. The zero-order valence-electron chi connectivity index (χ0n) is 13.9.